The van der Waals surface area contributed by atoms with E-state index in [4.69, 9.17) is 9.31 Å². The van der Waals surface area contributed by atoms with E-state index in [1.54, 1.807) is 27.7 Å². The molecule has 0 N–H and O–H groups in total. The van der Waals surface area contributed by atoms with E-state index in [-0.39, 0.29) is 23.8 Å². The molecule has 148 valence electrons. The first-order valence-corrected chi connectivity index (χ1v) is 9.35. The summed E-state index contributed by atoms with van der Waals surface area (Å²) in [5, 5.41) is 13.0. The molecule has 0 bridgehead atoms. The number of nitrogens with zero attached hydrogens (tertiary/aromatic N) is 3. The van der Waals surface area contributed by atoms with Gasteiger partial charge in [-0.05, 0) is 46.5 Å². The molecule has 1 aliphatic carbocycles. The van der Waals surface area contributed by atoms with Crippen LogP contribution in [0.1, 0.15) is 71.5 Å². The minimum Gasteiger partial charge on any atom is -0.399 e. The first kappa shape index (κ1) is 20.2. The second kappa shape index (κ2) is 6.82. The zero-order valence-electron chi connectivity index (χ0n) is 16.1. The predicted octanol–water partition coefficient (Wildman–Crippen LogP) is 3.85. The molecule has 1 unspecified atom stereocenters. The fraction of sp³-hybridized carbons (Fsp3) is 0.778. The smallest absolute Gasteiger partial charge is 0.399 e. The maximum absolute atomic E-state index is 13.7. The van der Waals surface area contributed by atoms with Crippen LogP contribution in [0, 0.1) is 17.2 Å². The highest BCUT2D eigenvalue weighted by atomic mass is 19.4. The van der Waals surface area contributed by atoms with Crippen molar-refractivity contribution in [1.82, 2.24) is 9.78 Å². The van der Waals surface area contributed by atoms with Crippen molar-refractivity contribution < 1.29 is 22.5 Å². The summed E-state index contributed by atoms with van der Waals surface area (Å²) in [5.41, 5.74) is -2.62. The van der Waals surface area contributed by atoms with Crippen LogP contribution in [0.4, 0.5) is 13.2 Å². The standard InChI is InChI=1S/C18H25BF3N3O2/c1-16(2)17(3,4)27-19(26-16)13-11-25(24-15(13)18(20,21)22)14(9-10-23)12-7-5-6-8-12/h11-12,14H,5-9H2,1-4H3. The van der Waals surface area contributed by atoms with Crippen molar-refractivity contribution in [3.63, 3.8) is 0 Å². The highest BCUT2D eigenvalue weighted by molar-refractivity contribution is 6.62. The van der Waals surface area contributed by atoms with Crippen molar-refractivity contribution in [2.45, 2.75) is 83.2 Å². The summed E-state index contributed by atoms with van der Waals surface area (Å²) in [5.74, 6) is 0.164. The second-order valence-corrected chi connectivity index (χ2v) is 8.47. The topological polar surface area (TPSA) is 60.1 Å². The lowest BCUT2D eigenvalue weighted by molar-refractivity contribution is -0.140. The molecule has 1 aliphatic heterocycles. The number of aromatic nitrogens is 2. The molecule has 5 nitrogen and oxygen atoms in total. The number of alkyl halides is 3. The molecule has 0 spiro atoms. The number of rotatable bonds is 4. The van der Waals surface area contributed by atoms with Crippen molar-refractivity contribution in [3.8, 4) is 6.07 Å². The molecule has 2 fully saturated rings. The minimum absolute atomic E-state index is 0.123. The number of hydrogen-bond acceptors (Lipinski definition) is 4. The van der Waals surface area contributed by atoms with Crippen LogP contribution in [-0.4, -0.2) is 28.1 Å². The van der Waals surface area contributed by atoms with Gasteiger partial charge in [0.25, 0.3) is 0 Å². The van der Waals surface area contributed by atoms with Gasteiger partial charge >= 0.3 is 13.3 Å². The van der Waals surface area contributed by atoms with E-state index in [9.17, 15) is 18.4 Å². The van der Waals surface area contributed by atoms with Crippen molar-refractivity contribution in [3.05, 3.63) is 11.9 Å². The van der Waals surface area contributed by atoms with Crippen LogP contribution in [0.2, 0.25) is 0 Å². The van der Waals surface area contributed by atoms with Crippen molar-refractivity contribution in [2.24, 2.45) is 5.92 Å². The third-order valence-corrected chi connectivity index (χ3v) is 6.12. The molecule has 27 heavy (non-hydrogen) atoms. The largest absolute Gasteiger partial charge is 0.498 e. The monoisotopic (exact) mass is 383 g/mol. The van der Waals surface area contributed by atoms with Crippen LogP contribution in [0.3, 0.4) is 0 Å². The quantitative estimate of drug-likeness (QED) is 0.742. The van der Waals surface area contributed by atoms with E-state index in [0.29, 0.717) is 0 Å². The Morgan fingerprint density at radius 1 is 1.26 bits per heavy atom. The molecule has 0 amide bonds. The summed E-state index contributed by atoms with van der Waals surface area (Å²) in [4.78, 5) is 0. The maximum atomic E-state index is 13.7. The lowest BCUT2D eigenvalue weighted by atomic mass is 9.79. The summed E-state index contributed by atoms with van der Waals surface area (Å²) in [6.07, 6.45) is 0.738. The number of halogens is 3. The Balaban J connectivity index is 2.00. The van der Waals surface area contributed by atoms with Crippen LogP contribution >= 0.6 is 0 Å². The third kappa shape index (κ3) is 3.74. The van der Waals surface area contributed by atoms with Crippen LogP contribution in [0.5, 0.6) is 0 Å². The van der Waals surface area contributed by atoms with Crippen molar-refractivity contribution in [1.29, 1.82) is 5.26 Å². The van der Waals surface area contributed by atoms with E-state index < -0.39 is 30.2 Å². The van der Waals surface area contributed by atoms with Crippen LogP contribution in [0.25, 0.3) is 0 Å². The van der Waals surface area contributed by atoms with Gasteiger partial charge in [-0.15, -0.1) is 0 Å². The molecular formula is C18H25BF3N3O2. The molecule has 2 aliphatic rings. The summed E-state index contributed by atoms with van der Waals surface area (Å²) in [6, 6.07) is 1.74. The Bertz CT molecular complexity index is 717. The van der Waals surface area contributed by atoms with E-state index >= 15 is 0 Å². The van der Waals surface area contributed by atoms with Crippen molar-refractivity contribution in [2.75, 3.05) is 0 Å². The highest BCUT2D eigenvalue weighted by Crippen LogP contribution is 2.39. The van der Waals surface area contributed by atoms with Gasteiger partial charge in [-0.1, -0.05) is 12.8 Å². The van der Waals surface area contributed by atoms with Gasteiger partial charge in [0.15, 0.2) is 5.69 Å². The molecule has 1 saturated heterocycles. The fourth-order valence-corrected chi connectivity index (χ4v) is 3.85. The third-order valence-electron chi connectivity index (χ3n) is 6.12. The first-order chi connectivity index (χ1) is 12.5. The van der Waals surface area contributed by atoms with Gasteiger partial charge < -0.3 is 9.31 Å². The van der Waals surface area contributed by atoms with E-state index in [1.807, 2.05) is 0 Å². The second-order valence-electron chi connectivity index (χ2n) is 8.47. The molecule has 0 radical (unpaired) electrons. The Hall–Kier alpha value is -1.53. The molecule has 9 heteroatoms. The van der Waals surface area contributed by atoms with Gasteiger partial charge in [0.2, 0.25) is 0 Å². The van der Waals surface area contributed by atoms with Gasteiger partial charge in [0.1, 0.15) is 0 Å². The average molecular weight is 383 g/mol. The Kier molecular flexibility index (Phi) is 5.11. The molecule has 1 aromatic rings. The average Bonchev–Trinajstić information content (AvgIpc) is 3.23. The molecule has 3 rings (SSSR count). The van der Waals surface area contributed by atoms with E-state index in [2.05, 4.69) is 11.2 Å². The lowest BCUT2D eigenvalue weighted by Gasteiger charge is -2.32. The first-order valence-electron chi connectivity index (χ1n) is 9.35. The summed E-state index contributed by atoms with van der Waals surface area (Å²) in [7, 11) is -1.15. The van der Waals surface area contributed by atoms with Crippen molar-refractivity contribution >= 4 is 12.6 Å². The normalized spacial score (nSPS) is 23.6. The summed E-state index contributed by atoms with van der Waals surface area (Å²) in [6.45, 7) is 7.17. The molecule has 2 heterocycles. The molecule has 1 saturated carbocycles. The van der Waals surface area contributed by atoms with Gasteiger partial charge in [0.05, 0.1) is 29.7 Å². The zero-order chi connectivity index (χ0) is 20.0. The lowest BCUT2D eigenvalue weighted by Crippen LogP contribution is -2.41. The Morgan fingerprint density at radius 2 is 1.81 bits per heavy atom. The van der Waals surface area contributed by atoms with Gasteiger partial charge in [-0.2, -0.15) is 23.5 Å². The summed E-state index contributed by atoms with van der Waals surface area (Å²) < 4.78 is 54.0. The predicted molar refractivity (Wildman–Crippen MR) is 94.2 cm³/mol. The number of nitriles is 1. The SMILES string of the molecule is CC1(C)OB(c2cn(C(CC#N)C3CCCC3)nc2C(F)(F)F)OC1(C)C. The van der Waals surface area contributed by atoms with E-state index in [0.717, 1.165) is 25.7 Å². The number of hydrogen-bond donors (Lipinski definition) is 0. The Morgan fingerprint density at radius 3 is 2.30 bits per heavy atom. The van der Waals surface area contributed by atoms with Gasteiger partial charge in [-0.25, -0.2) is 0 Å². The highest BCUT2D eigenvalue weighted by Gasteiger charge is 2.55. The molecular weight excluding hydrogens is 358 g/mol. The minimum atomic E-state index is -4.63. The van der Waals surface area contributed by atoms with Gasteiger partial charge in [-0.3, -0.25) is 4.68 Å². The fourth-order valence-electron chi connectivity index (χ4n) is 3.85. The molecule has 1 atom stereocenters. The van der Waals surface area contributed by atoms with Crippen LogP contribution < -0.4 is 5.46 Å². The summed E-state index contributed by atoms with van der Waals surface area (Å²) >= 11 is 0. The van der Waals surface area contributed by atoms with Crippen LogP contribution in [0.15, 0.2) is 6.20 Å². The zero-order valence-corrected chi connectivity index (χ0v) is 16.1. The Labute approximate surface area is 158 Å². The van der Waals surface area contributed by atoms with Crippen LogP contribution in [-0.2, 0) is 15.5 Å². The van der Waals surface area contributed by atoms with Gasteiger partial charge in [0, 0.05) is 11.7 Å². The molecule has 1 aromatic heterocycles. The van der Waals surface area contributed by atoms with E-state index in [1.165, 1.54) is 10.9 Å². The molecule has 0 aromatic carbocycles. The maximum Gasteiger partial charge on any atom is 0.498 e.